The number of methoxy groups -OCH3 is 2. The Hall–Kier alpha value is -2.56. The topological polar surface area (TPSA) is 55.8 Å². The van der Waals surface area contributed by atoms with Crippen molar-refractivity contribution in [2.45, 2.75) is 0 Å². The molecule has 1 N–H and O–H groups in total. The Morgan fingerprint density at radius 1 is 1.05 bits per heavy atom. The van der Waals surface area contributed by atoms with Crippen LogP contribution in [0.4, 0.5) is 4.39 Å². The van der Waals surface area contributed by atoms with Gasteiger partial charge in [0, 0.05) is 5.56 Å². The van der Waals surface area contributed by atoms with Gasteiger partial charge in [-0.3, -0.25) is 0 Å². The Kier molecular flexibility index (Phi) is 3.89. The third-order valence-corrected chi connectivity index (χ3v) is 2.93. The molecule has 0 spiro atoms. The van der Waals surface area contributed by atoms with Crippen molar-refractivity contribution >= 4 is 5.97 Å². The summed E-state index contributed by atoms with van der Waals surface area (Å²) < 4.78 is 24.8. The maximum absolute atomic E-state index is 14.3. The number of carboxylic acid groups (broad SMARTS) is 1. The minimum absolute atomic E-state index is 0.124. The van der Waals surface area contributed by atoms with Crippen LogP contribution < -0.4 is 9.47 Å². The van der Waals surface area contributed by atoms with Crippen LogP contribution in [0.15, 0.2) is 36.4 Å². The van der Waals surface area contributed by atoms with E-state index in [1.165, 1.54) is 32.4 Å². The van der Waals surface area contributed by atoms with Crippen LogP contribution in [0.5, 0.6) is 11.5 Å². The second-order valence-electron chi connectivity index (χ2n) is 4.01. The molecule has 4 nitrogen and oxygen atoms in total. The number of carbonyl (C=O) groups is 1. The highest BCUT2D eigenvalue weighted by molar-refractivity contribution is 5.91. The van der Waals surface area contributed by atoms with E-state index >= 15 is 0 Å². The molecule has 0 aliphatic rings. The molecule has 0 atom stereocenters. The number of hydrogen-bond donors (Lipinski definition) is 1. The average Bonchev–Trinajstić information content (AvgIpc) is 2.46. The smallest absolute Gasteiger partial charge is 0.338 e. The molecule has 0 saturated carbocycles. The minimum atomic E-state index is -1.32. The van der Waals surface area contributed by atoms with E-state index in [9.17, 15) is 9.18 Å². The molecule has 2 aromatic carbocycles. The zero-order valence-electron chi connectivity index (χ0n) is 11.0. The van der Waals surface area contributed by atoms with Crippen LogP contribution in [0.25, 0.3) is 11.1 Å². The number of aromatic carboxylic acids is 1. The van der Waals surface area contributed by atoms with Crippen molar-refractivity contribution in [3.8, 4) is 22.6 Å². The molecule has 2 aromatic rings. The maximum atomic E-state index is 14.3. The zero-order chi connectivity index (χ0) is 14.7. The lowest BCUT2D eigenvalue weighted by molar-refractivity contribution is 0.0692. The van der Waals surface area contributed by atoms with Crippen LogP contribution in [0.3, 0.4) is 0 Å². The van der Waals surface area contributed by atoms with Crippen molar-refractivity contribution in [3.05, 3.63) is 47.8 Å². The second kappa shape index (κ2) is 5.61. The largest absolute Gasteiger partial charge is 0.496 e. The molecule has 0 amide bonds. The van der Waals surface area contributed by atoms with E-state index in [1.54, 1.807) is 18.2 Å². The van der Waals surface area contributed by atoms with Crippen LogP contribution >= 0.6 is 0 Å². The first-order valence-corrected chi connectivity index (χ1v) is 5.83. The standard InChI is InChI=1S/C15H13FO4/c1-19-11-7-4-8-12(20-2)13(11)9-5-3-6-10(14(9)16)15(17)18/h3-8H,1-2H3,(H,17,18). The third-order valence-electron chi connectivity index (χ3n) is 2.93. The van der Waals surface area contributed by atoms with Gasteiger partial charge in [0.1, 0.15) is 17.3 Å². The molecular formula is C15H13FO4. The Labute approximate surface area is 115 Å². The highest BCUT2D eigenvalue weighted by Gasteiger charge is 2.20. The number of carboxylic acids is 1. The molecule has 2 rings (SSSR count). The van der Waals surface area contributed by atoms with E-state index in [2.05, 4.69) is 0 Å². The van der Waals surface area contributed by atoms with Crippen molar-refractivity contribution in [3.63, 3.8) is 0 Å². The molecule has 104 valence electrons. The van der Waals surface area contributed by atoms with E-state index in [4.69, 9.17) is 14.6 Å². The van der Waals surface area contributed by atoms with Crippen LogP contribution in [0.2, 0.25) is 0 Å². The van der Waals surface area contributed by atoms with E-state index in [1.807, 2.05) is 0 Å². The predicted molar refractivity (Wildman–Crippen MR) is 71.9 cm³/mol. The van der Waals surface area contributed by atoms with Crippen LogP contribution in [-0.4, -0.2) is 25.3 Å². The molecule has 0 saturated heterocycles. The summed E-state index contributed by atoms with van der Waals surface area (Å²) in [7, 11) is 2.91. The van der Waals surface area contributed by atoms with Crippen LogP contribution in [0, 0.1) is 5.82 Å². The van der Waals surface area contributed by atoms with Crippen molar-refractivity contribution in [2.24, 2.45) is 0 Å². The van der Waals surface area contributed by atoms with Crippen molar-refractivity contribution in [2.75, 3.05) is 14.2 Å². The predicted octanol–water partition coefficient (Wildman–Crippen LogP) is 3.21. The molecule has 0 radical (unpaired) electrons. The van der Waals surface area contributed by atoms with E-state index in [-0.39, 0.29) is 5.56 Å². The molecule has 0 aliphatic carbocycles. The first kappa shape index (κ1) is 13.9. The lowest BCUT2D eigenvalue weighted by atomic mass is 10.00. The molecule has 5 heteroatoms. The summed E-state index contributed by atoms with van der Waals surface area (Å²) in [6.07, 6.45) is 0. The first-order chi connectivity index (χ1) is 9.60. The summed E-state index contributed by atoms with van der Waals surface area (Å²) in [5.74, 6) is -1.32. The van der Waals surface area contributed by atoms with Gasteiger partial charge in [-0.2, -0.15) is 0 Å². The maximum Gasteiger partial charge on any atom is 0.338 e. The van der Waals surface area contributed by atoms with Gasteiger partial charge in [-0.15, -0.1) is 0 Å². The van der Waals surface area contributed by atoms with Gasteiger partial charge in [0.05, 0.1) is 25.3 Å². The van der Waals surface area contributed by atoms with E-state index in [0.29, 0.717) is 17.1 Å². The van der Waals surface area contributed by atoms with Crippen LogP contribution in [0.1, 0.15) is 10.4 Å². The monoisotopic (exact) mass is 276 g/mol. The second-order valence-corrected chi connectivity index (χ2v) is 4.01. The summed E-state index contributed by atoms with van der Waals surface area (Å²) in [4.78, 5) is 11.0. The highest BCUT2D eigenvalue weighted by atomic mass is 19.1. The quantitative estimate of drug-likeness (QED) is 0.931. The van der Waals surface area contributed by atoms with Gasteiger partial charge in [-0.25, -0.2) is 9.18 Å². The number of rotatable bonds is 4. The highest BCUT2D eigenvalue weighted by Crippen LogP contribution is 2.39. The van der Waals surface area contributed by atoms with Gasteiger partial charge in [0.15, 0.2) is 0 Å². The van der Waals surface area contributed by atoms with Gasteiger partial charge in [0.25, 0.3) is 0 Å². The Balaban J connectivity index is 2.74. The van der Waals surface area contributed by atoms with E-state index < -0.39 is 17.3 Å². The number of ether oxygens (including phenoxy) is 2. The first-order valence-electron chi connectivity index (χ1n) is 5.83. The summed E-state index contributed by atoms with van der Waals surface area (Å²) in [5, 5.41) is 8.99. The summed E-state index contributed by atoms with van der Waals surface area (Å²) >= 11 is 0. The van der Waals surface area contributed by atoms with Gasteiger partial charge in [-0.1, -0.05) is 18.2 Å². The molecule has 20 heavy (non-hydrogen) atoms. The number of benzene rings is 2. The summed E-state index contributed by atoms with van der Waals surface area (Å²) in [6, 6.07) is 9.20. The number of hydrogen-bond acceptors (Lipinski definition) is 3. The fraction of sp³-hybridized carbons (Fsp3) is 0.133. The lowest BCUT2D eigenvalue weighted by Gasteiger charge is -2.14. The molecule has 0 bridgehead atoms. The van der Waals surface area contributed by atoms with Gasteiger partial charge >= 0.3 is 5.97 Å². The third kappa shape index (κ3) is 2.30. The van der Waals surface area contributed by atoms with Gasteiger partial charge < -0.3 is 14.6 Å². The number of halogens is 1. The summed E-state index contributed by atoms with van der Waals surface area (Å²) in [6.45, 7) is 0. The van der Waals surface area contributed by atoms with Gasteiger partial charge in [-0.05, 0) is 18.2 Å². The molecule has 0 unspecified atom stereocenters. The average molecular weight is 276 g/mol. The zero-order valence-corrected chi connectivity index (χ0v) is 11.0. The van der Waals surface area contributed by atoms with Crippen molar-refractivity contribution in [1.82, 2.24) is 0 Å². The summed E-state index contributed by atoms with van der Waals surface area (Å²) in [5.41, 5.74) is 0.118. The lowest BCUT2D eigenvalue weighted by Crippen LogP contribution is -2.03. The SMILES string of the molecule is COc1cccc(OC)c1-c1cccc(C(=O)O)c1F. The Morgan fingerprint density at radius 2 is 1.60 bits per heavy atom. The molecular weight excluding hydrogens is 263 g/mol. The van der Waals surface area contributed by atoms with Crippen molar-refractivity contribution in [1.29, 1.82) is 0 Å². The molecule has 0 heterocycles. The fourth-order valence-corrected chi connectivity index (χ4v) is 2.01. The Bertz CT molecular complexity index is 630. The Morgan fingerprint density at radius 3 is 2.10 bits per heavy atom. The van der Waals surface area contributed by atoms with E-state index in [0.717, 1.165) is 0 Å². The molecule has 0 aliphatic heterocycles. The fourth-order valence-electron chi connectivity index (χ4n) is 2.01. The molecule has 0 fully saturated rings. The van der Waals surface area contributed by atoms with Gasteiger partial charge in [0.2, 0.25) is 0 Å². The normalized spacial score (nSPS) is 10.2. The van der Waals surface area contributed by atoms with Crippen LogP contribution in [-0.2, 0) is 0 Å². The minimum Gasteiger partial charge on any atom is -0.496 e. The van der Waals surface area contributed by atoms with Crippen molar-refractivity contribution < 1.29 is 23.8 Å². The molecule has 0 aromatic heterocycles.